The van der Waals surface area contributed by atoms with Crippen molar-refractivity contribution in [2.75, 3.05) is 0 Å². The Morgan fingerprint density at radius 3 is 0.865 bits per heavy atom. The fourth-order valence-electron chi connectivity index (χ4n) is 15.2. The number of hydrogen-bond donors (Lipinski definition) is 0. The van der Waals surface area contributed by atoms with Crippen molar-refractivity contribution in [2.24, 2.45) is 0 Å². The summed E-state index contributed by atoms with van der Waals surface area (Å²) < 4.78 is 26.2. The molecule has 96 heavy (non-hydrogen) atoms. The molecule has 446 valence electrons. The van der Waals surface area contributed by atoms with Crippen LogP contribution >= 0.6 is 0 Å². The molecule has 7 heterocycles. The van der Waals surface area contributed by atoms with Crippen LogP contribution in [0, 0.1) is 0 Å². The third-order valence-corrected chi connectivity index (χ3v) is 19.7. The molecule has 0 aliphatic carbocycles. The van der Waals surface area contributed by atoms with Gasteiger partial charge >= 0.3 is 0 Å². The second-order valence-electron chi connectivity index (χ2n) is 25.1. The Kier molecular flexibility index (Phi) is 11.0. The van der Waals surface area contributed by atoms with E-state index in [9.17, 15) is 0 Å². The van der Waals surface area contributed by atoms with Gasteiger partial charge in [0.1, 0.15) is 33.5 Å². The highest BCUT2D eigenvalue weighted by molar-refractivity contribution is 6.14. The van der Waals surface area contributed by atoms with Crippen LogP contribution < -0.4 is 0 Å². The second kappa shape index (κ2) is 20.2. The van der Waals surface area contributed by atoms with Crippen LogP contribution in [-0.4, -0.2) is 28.7 Å². The topological polar surface area (TPSA) is 92.9 Å². The van der Waals surface area contributed by atoms with Crippen LogP contribution in [0.2, 0.25) is 0 Å². The van der Waals surface area contributed by atoms with Crippen molar-refractivity contribution in [2.45, 2.75) is 0 Å². The number of para-hydroxylation sites is 6. The summed E-state index contributed by atoms with van der Waals surface area (Å²) in [6.07, 6.45) is 0. The zero-order chi connectivity index (χ0) is 62.7. The van der Waals surface area contributed by atoms with Gasteiger partial charge in [-0.3, -0.25) is 4.57 Å². The minimum Gasteiger partial charge on any atom is -0.456 e. The molecule has 0 aliphatic rings. The van der Waals surface area contributed by atoms with E-state index in [2.05, 4.69) is 281 Å². The van der Waals surface area contributed by atoms with E-state index in [1.807, 2.05) is 36.4 Å². The number of benzene rings is 14. The van der Waals surface area contributed by atoms with Gasteiger partial charge in [0.25, 0.3) is 0 Å². The molecule has 21 aromatic rings. The van der Waals surface area contributed by atoms with Crippen molar-refractivity contribution in [3.63, 3.8) is 0 Å². The lowest BCUT2D eigenvalue weighted by Crippen LogP contribution is -2.07. The van der Waals surface area contributed by atoms with E-state index in [4.69, 9.17) is 28.2 Å². The van der Waals surface area contributed by atoms with Gasteiger partial charge < -0.3 is 22.4 Å². The SMILES string of the molecule is c1cc(-c2nc(-c3cccc(-n4c5ccccc5c5ccc(-c6ccc7c(c6)oc6ccccc67)cc54)c3)nc(-n3c4ccccc4c4ccc(-c5ccc6c(c5)oc5ccccc56)cc43)n2)cc(-n2c3ccccc3c3ccc(-c4ccc5c(c4)oc4ccccc45)cc32)c1. The van der Waals surface area contributed by atoms with Crippen LogP contribution in [0.25, 0.3) is 205 Å². The molecule has 0 spiro atoms. The molecule has 0 unspecified atom stereocenters. The Labute approximate surface area is 546 Å². The summed E-state index contributed by atoms with van der Waals surface area (Å²) in [6, 6.07) is 108. The molecule has 0 bridgehead atoms. The maximum Gasteiger partial charge on any atom is 0.238 e. The average molecular weight is 1230 g/mol. The number of hydrogen-bond acceptors (Lipinski definition) is 6. The Morgan fingerprint density at radius 1 is 0.188 bits per heavy atom. The van der Waals surface area contributed by atoms with Crippen LogP contribution in [-0.2, 0) is 0 Å². The maximum absolute atomic E-state index is 6.45. The standard InChI is InChI=1S/C87H50N6O3/c1-7-25-73-61(19-1)64-37-31-51(54-34-40-70-67-22-4-10-28-79(67)94-82(70)48-54)45-76(64)91(73)59-17-13-15-57(43-59)85-88-86(90-87(89-85)93-75-27-9-3-21-63(75)66-39-33-53(47-78(66)93)56-36-42-72-69-24-6-12-30-81(69)96-84(72)50-56)58-16-14-18-60(44-58)92-74-26-8-2-20-62(74)65-38-32-52(46-77(65)92)55-35-41-71-68-23-5-11-29-80(68)95-83(71)49-55/h1-50H. The smallest absolute Gasteiger partial charge is 0.238 e. The highest BCUT2D eigenvalue weighted by atomic mass is 16.3. The monoisotopic (exact) mass is 1230 g/mol. The molecule has 21 rings (SSSR count). The summed E-state index contributed by atoms with van der Waals surface area (Å²) in [5.74, 6) is 1.55. The van der Waals surface area contributed by atoms with Crippen molar-refractivity contribution in [1.29, 1.82) is 0 Å². The van der Waals surface area contributed by atoms with E-state index < -0.39 is 0 Å². The molecular formula is C87H50N6O3. The van der Waals surface area contributed by atoms with Gasteiger partial charge in [0, 0.05) is 87.1 Å². The van der Waals surface area contributed by atoms with Crippen LogP contribution in [0.15, 0.2) is 317 Å². The third-order valence-electron chi connectivity index (χ3n) is 19.7. The quantitative estimate of drug-likeness (QED) is 0.150. The van der Waals surface area contributed by atoms with Crippen LogP contribution in [0.3, 0.4) is 0 Å². The van der Waals surface area contributed by atoms with E-state index in [-0.39, 0.29) is 0 Å². The third kappa shape index (κ3) is 7.95. The lowest BCUT2D eigenvalue weighted by atomic mass is 10.0. The molecule has 0 radical (unpaired) electrons. The Balaban J connectivity index is 0.753. The number of aromatic nitrogens is 6. The summed E-state index contributed by atoms with van der Waals surface area (Å²) in [4.78, 5) is 16.8. The molecule has 9 nitrogen and oxygen atoms in total. The highest BCUT2D eigenvalue weighted by Crippen LogP contribution is 2.43. The molecule has 0 N–H and O–H groups in total. The zero-order valence-corrected chi connectivity index (χ0v) is 51.3. The normalized spacial score (nSPS) is 12.2. The van der Waals surface area contributed by atoms with Gasteiger partial charge in [0.15, 0.2) is 11.6 Å². The average Bonchev–Trinajstić information content (AvgIpc) is 1.52. The number of rotatable bonds is 8. The van der Waals surface area contributed by atoms with Crippen molar-refractivity contribution in [3.8, 4) is 73.5 Å². The predicted molar refractivity (Wildman–Crippen MR) is 392 cm³/mol. The molecule has 0 aliphatic heterocycles. The molecule has 9 heteroatoms. The van der Waals surface area contributed by atoms with E-state index in [0.717, 1.165) is 187 Å². The van der Waals surface area contributed by atoms with Crippen molar-refractivity contribution in [3.05, 3.63) is 303 Å². The molecule has 14 aromatic carbocycles. The Bertz CT molecular complexity index is 6580. The molecule has 0 saturated heterocycles. The van der Waals surface area contributed by atoms with Crippen molar-refractivity contribution in [1.82, 2.24) is 28.7 Å². The first-order chi connectivity index (χ1) is 47.5. The number of nitrogens with zero attached hydrogens (tertiary/aromatic N) is 6. The summed E-state index contributed by atoms with van der Waals surface area (Å²) in [7, 11) is 0. The maximum atomic E-state index is 6.45. The van der Waals surface area contributed by atoms with Gasteiger partial charge in [0.05, 0.1) is 33.1 Å². The van der Waals surface area contributed by atoms with Crippen LogP contribution in [0.1, 0.15) is 0 Å². The highest BCUT2D eigenvalue weighted by Gasteiger charge is 2.23. The molecule has 0 amide bonds. The lowest BCUT2D eigenvalue weighted by Gasteiger charge is -2.14. The van der Waals surface area contributed by atoms with E-state index in [0.29, 0.717) is 17.6 Å². The van der Waals surface area contributed by atoms with E-state index in [1.165, 1.54) is 0 Å². The van der Waals surface area contributed by atoms with Gasteiger partial charge in [-0.2, -0.15) is 9.97 Å². The fraction of sp³-hybridized carbons (Fsp3) is 0. The first-order valence-electron chi connectivity index (χ1n) is 32.4. The number of fused-ring (bicyclic) bond motifs is 18. The molecular weight excluding hydrogens is 1180 g/mol. The number of furan rings is 3. The van der Waals surface area contributed by atoms with Crippen molar-refractivity contribution >= 4 is 131 Å². The first kappa shape index (κ1) is 52.5. The molecule has 0 fully saturated rings. The minimum absolute atomic E-state index is 0.493. The summed E-state index contributed by atoms with van der Waals surface area (Å²) in [6.45, 7) is 0. The fourth-order valence-corrected chi connectivity index (χ4v) is 15.2. The van der Waals surface area contributed by atoms with Crippen LogP contribution in [0.4, 0.5) is 0 Å². The second-order valence-corrected chi connectivity index (χ2v) is 25.1. The van der Waals surface area contributed by atoms with E-state index in [1.54, 1.807) is 0 Å². The predicted octanol–water partition coefficient (Wildman–Crippen LogP) is 23.2. The van der Waals surface area contributed by atoms with Gasteiger partial charge in [-0.1, -0.05) is 188 Å². The van der Waals surface area contributed by atoms with Crippen molar-refractivity contribution < 1.29 is 13.3 Å². The largest absolute Gasteiger partial charge is 0.456 e. The molecule has 0 atom stereocenters. The molecule has 7 aromatic heterocycles. The zero-order valence-electron chi connectivity index (χ0n) is 51.3. The lowest BCUT2D eigenvalue weighted by molar-refractivity contribution is 0.668. The Morgan fingerprint density at radius 2 is 0.479 bits per heavy atom. The van der Waals surface area contributed by atoms with Crippen LogP contribution in [0.5, 0.6) is 0 Å². The summed E-state index contributed by atoms with van der Waals surface area (Å²) in [5.41, 5.74) is 21.5. The summed E-state index contributed by atoms with van der Waals surface area (Å²) in [5, 5.41) is 13.4. The van der Waals surface area contributed by atoms with Gasteiger partial charge in [-0.05, 0) is 149 Å². The molecule has 0 saturated carbocycles. The van der Waals surface area contributed by atoms with Gasteiger partial charge in [0.2, 0.25) is 5.95 Å². The van der Waals surface area contributed by atoms with Gasteiger partial charge in [-0.15, -0.1) is 0 Å². The Hall–Kier alpha value is -13.1. The van der Waals surface area contributed by atoms with E-state index >= 15 is 0 Å². The first-order valence-corrected chi connectivity index (χ1v) is 32.4. The van der Waals surface area contributed by atoms with Gasteiger partial charge in [-0.25, -0.2) is 4.98 Å². The summed E-state index contributed by atoms with van der Waals surface area (Å²) >= 11 is 0. The minimum atomic E-state index is 0.493.